The van der Waals surface area contributed by atoms with E-state index in [0.717, 1.165) is 11.6 Å². The van der Waals surface area contributed by atoms with Crippen LogP contribution in [0.2, 0.25) is 5.02 Å². The number of hydrazone groups is 1. The van der Waals surface area contributed by atoms with Crippen molar-refractivity contribution >= 4 is 35.4 Å². The lowest BCUT2D eigenvalue weighted by Gasteiger charge is -2.12. The van der Waals surface area contributed by atoms with E-state index >= 15 is 0 Å². The van der Waals surface area contributed by atoms with Crippen LogP contribution in [-0.4, -0.2) is 36.7 Å². The van der Waals surface area contributed by atoms with Crippen molar-refractivity contribution in [3.05, 3.63) is 98.1 Å². The fourth-order valence-electron chi connectivity index (χ4n) is 3.19. The Hall–Kier alpha value is -4.44. The van der Waals surface area contributed by atoms with Crippen molar-refractivity contribution in [1.82, 2.24) is 5.43 Å². The first-order valence-corrected chi connectivity index (χ1v) is 11.9. The number of nitrogens with one attached hydrogen (secondary N) is 1. The average Bonchev–Trinajstić information content (AvgIpc) is 2.90. The topological polar surface area (TPSA) is 129 Å². The molecule has 0 aliphatic carbocycles. The Morgan fingerprint density at radius 2 is 1.84 bits per heavy atom. The Kier molecular flexibility index (Phi) is 9.78. The van der Waals surface area contributed by atoms with Crippen molar-refractivity contribution in [3.8, 4) is 11.5 Å². The zero-order valence-corrected chi connectivity index (χ0v) is 21.7. The number of carbonyl (C=O) groups excluding carboxylic acids is 2. The van der Waals surface area contributed by atoms with Crippen molar-refractivity contribution in [3.63, 3.8) is 0 Å². The second-order valence-corrected chi connectivity index (χ2v) is 8.90. The van der Waals surface area contributed by atoms with Crippen LogP contribution in [-0.2, 0) is 11.3 Å². The smallest absolute Gasteiger partial charge is 0.338 e. The molecule has 0 saturated carbocycles. The monoisotopic (exact) mass is 539 g/mol. The quantitative estimate of drug-likeness (QED) is 0.149. The zero-order valence-electron chi connectivity index (χ0n) is 21.0. The summed E-state index contributed by atoms with van der Waals surface area (Å²) < 4.78 is 16.5. The second-order valence-electron chi connectivity index (χ2n) is 8.50. The Morgan fingerprint density at radius 3 is 2.47 bits per heavy atom. The van der Waals surface area contributed by atoms with Crippen molar-refractivity contribution < 1.29 is 28.7 Å². The molecule has 0 bridgehead atoms. The van der Waals surface area contributed by atoms with E-state index in [0.29, 0.717) is 29.2 Å². The molecule has 38 heavy (non-hydrogen) atoms. The lowest BCUT2D eigenvalue weighted by molar-refractivity contribution is -0.384. The van der Waals surface area contributed by atoms with Crippen molar-refractivity contribution in [2.24, 2.45) is 11.0 Å². The molecule has 0 radical (unpaired) electrons. The summed E-state index contributed by atoms with van der Waals surface area (Å²) >= 11 is 5.99. The largest absolute Gasteiger partial charge is 0.496 e. The summed E-state index contributed by atoms with van der Waals surface area (Å²) in [6.45, 7) is 4.46. The highest BCUT2D eigenvalue weighted by molar-refractivity contribution is 6.34. The number of nitro groups is 1. The van der Waals surface area contributed by atoms with Gasteiger partial charge < -0.3 is 14.2 Å². The summed E-state index contributed by atoms with van der Waals surface area (Å²) in [5, 5.41) is 14.7. The molecule has 0 heterocycles. The molecule has 0 fully saturated rings. The molecule has 3 rings (SSSR count). The molecule has 0 aliphatic heterocycles. The maximum atomic E-state index is 12.3. The highest BCUT2D eigenvalue weighted by Crippen LogP contribution is 2.24. The number of benzene rings is 3. The van der Waals surface area contributed by atoms with Gasteiger partial charge in [0.1, 0.15) is 18.1 Å². The van der Waals surface area contributed by atoms with E-state index in [4.69, 9.17) is 25.8 Å². The van der Waals surface area contributed by atoms with Gasteiger partial charge in [0.15, 0.2) is 0 Å². The van der Waals surface area contributed by atoms with E-state index in [1.165, 1.54) is 18.3 Å². The van der Waals surface area contributed by atoms with Crippen LogP contribution in [0, 0.1) is 16.0 Å². The van der Waals surface area contributed by atoms with E-state index in [1.54, 1.807) is 49.6 Å². The van der Waals surface area contributed by atoms with Crippen LogP contribution in [0.5, 0.6) is 11.5 Å². The number of non-ortho nitro benzene ring substituents is 1. The van der Waals surface area contributed by atoms with Crippen LogP contribution < -0.4 is 14.9 Å². The minimum absolute atomic E-state index is 0.0532. The van der Waals surface area contributed by atoms with Crippen molar-refractivity contribution in [1.29, 1.82) is 0 Å². The van der Waals surface area contributed by atoms with Crippen molar-refractivity contribution in [2.75, 3.05) is 13.7 Å². The maximum Gasteiger partial charge on any atom is 0.338 e. The minimum Gasteiger partial charge on any atom is -0.496 e. The third-order valence-corrected chi connectivity index (χ3v) is 5.44. The molecule has 0 aromatic heterocycles. The number of amides is 1. The van der Waals surface area contributed by atoms with Gasteiger partial charge in [0.05, 0.1) is 41.0 Å². The van der Waals surface area contributed by atoms with E-state index in [2.05, 4.69) is 10.5 Å². The number of hydrogen-bond donors (Lipinski definition) is 1. The fourth-order valence-corrected chi connectivity index (χ4v) is 3.45. The van der Waals surface area contributed by atoms with Gasteiger partial charge in [-0.05, 0) is 60.0 Å². The standard InChI is InChI=1S/C27H26ClN3O7/c1-17(2)15-38-27(33)19-5-8-22(9-6-19)37-16-20-12-18(4-11-25(20)36-3)14-29-30-26(32)23-10-7-21(31(34)35)13-24(23)28/h4-14,17H,15-16H2,1-3H3,(H,30,32)/b29-14+. The van der Waals surface area contributed by atoms with Gasteiger partial charge in [-0.3, -0.25) is 14.9 Å². The average molecular weight is 540 g/mol. The second kappa shape index (κ2) is 13.2. The molecule has 3 aromatic rings. The van der Waals surface area contributed by atoms with Gasteiger partial charge in [0.25, 0.3) is 11.6 Å². The van der Waals surface area contributed by atoms with Gasteiger partial charge in [-0.1, -0.05) is 25.4 Å². The lowest BCUT2D eigenvalue weighted by atomic mass is 10.1. The normalized spacial score (nSPS) is 10.9. The maximum absolute atomic E-state index is 12.3. The zero-order chi connectivity index (χ0) is 27.7. The molecule has 1 N–H and O–H groups in total. The van der Waals surface area contributed by atoms with Gasteiger partial charge in [0.2, 0.25) is 0 Å². The summed E-state index contributed by atoms with van der Waals surface area (Å²) in [6, 6.07) is 15.5. The number of halogens is 1. The van der Waals surface area contributed by atoms with Gasteiger partial charge >= 0.3 is 5.97 Å². The van der Waals surface area contributed by atoms with Crippen LogP contribution in [0.25, 0.3) is 0 Å². The number of nitro benzene ring substituents is 1. The molecular formula is C27H26ClN3O7. The van der Waals surface area contributed by atoms with Crippen molar-refractivity contribution in [2.45, 2.75) is 20.5 Å². The van der Waals surface area contributed by atoms with Gasteiger partial charge in [-0.25, -0.2) is 10.2 Å². The van der Waals surface area contributed by atoms with Crippen LogP contribution in [0.1, 0.15) is 45.7 Å². The molecule has 0 spiro atoms. The molecule has 0 aliphatic rings. The first kappa shape index (κ1) is 28.1. The van der Waals surface area contributed by atoms with Gasteiger partial charge in [-0.2, -0.15) is 5.10 Å². The van der Waals surface area contributed by atoms with Crippen LogP contribution >= 0.6 is 11.6 Å². The highest BCUT2D eigenvalue weighted by Gasteiger charge is 2.14. The summed E-state index contributed by atoms with van der Waals surface area (Å²) in [6.07, 6.45) is 1.43. The number of nitrogens with zero attached hydrogens (tertiary/aromatic N) is 2. The van der Waals surface area contributed by atoms with E-state index in [9.17, 15) is 19.7 Å². The summed E-state index contributed by atoms with van der Waals surface area (Å²) in [4.78, 5) is 34.7. The Balaban J connectivity index is 1.62. The number of rotatable bonds is 11. The molecule has 198 valence electrons. The predicted octanol–water partition coefficient (Wildman–Crippen LogP) is 5.41. The van der Waals surface area contributed by atoms with E-state index in [-0.39, 0.29) is 34.8 Å². The molecule has 3 aromatic carbocycles. The molecule has 0 atom stereocenters. The summed E-state index contributed by atoms with van der Waals surface area (Å²) in [7, 11) is 1.54. The number of ether oxygens (including phenoxy) is 3. The fraction of sp³-hybridized carbons (Fsp3) is 0.222. The highest BCUT2D eigenvalue weighted by atomic mass is 35.5. The Morgan fingerprint density at radius 1 is 1.11 bits per heavy atom. The predicted molar refractivity (Wildman–Crippen MR) is 142 cm³/mol. The number of methoxy groups -OCH3 is 1. The molecule has 1 amide bonds. The van der Waals surface area contributed by atoms with Crippen LogP contribution in [0.15, 0.2) is 65.8 Å². The lowest BCUT2D eigenvalue weighted by Crippen LogP contribution is -2.18. The summed E-state index contributed by atoms with van der Waals surface area (Å²) in [5.41, 5.74) is 4.00. The van der Waals surface area contributed by atoms with Gasteiger partial charge in [-0.15, -0.1) is 0 Å². The molecule has 0 saturated heterocycles. The van der Waals surface area contributed by atoms with E-state index in [1.807, 2.05) is 13.8 Å². The summed E-state index contributed by atoms with van der Waals surface area (Å²) in [5.74, 6) is 0.398. The van der Waals surface area contributed by atoms with Gasteiger partial charge in [0, 0.05) is 17.7 Å². The first-order valence-electron chi connectivity index (χ1n) is 11.5. The number of esters is 1. The van der Waals surface area contributed by atoms with Crippen LogP contribution in [0.3, 0.4) is 0 Å². The molecule has 10 nitrogen and oxygen atoms in total. The first-order chi connectivity index (χ1) is 18.2. The SMILES string of the molecule is COc1ccc(/C=N/NC(=O)c2ccc([N+](=O)[O-])cc2Cl)cc1COc1ccc(C(=O)OCC(C)C)cc1. The Bertz CT molecular complexity index is 1340. The third kappa shape index (κ3) is 7.78. The Labute approximate surface area is 224 Å². The molecular weight excluding hydrogens is 514 g/mol. The van der Waals surface area contributed by atoms with Crippen LogP contribution in [0.4, 0.5) is 5.69 Å². The molecule has 0 unspecified atom stereocenters. The van der Waals surface area contributed by atoms with E-state index < -0.39 is 10.8 Å². The number of carbonyl (C=O) groups is 2. The third-order valence-electron chi connectivity index (χ3n) is 5.12. The minimum atomic E-state index is -0.616. The molecule has 11 heteroatoms. The number of hydrogen-bond acceptors (Lipinski definition) is 8.